The lowest BCUT2D eigenvalue weighted by Gasteiger charge is -2.38. The number of hydrogen-bond acceptors (Lipinski definition) is 4. The minimum absolute atomic E-state index is 0. The number of nitrogens with zero attached hydrogens (tertiary/aromatic N) is 3. The van der Waals surface area contributed by atoms with Gasteiger partial charge in [0.25, 0.3) is 0 Å². The molecule has 1 N–H and O–H groups in total. The predicted octanol–water partition coefficient (Wildman–Crippen LogP) is 6.97. The maximum atomic E-state index is 14.3. The van der Waals surface area contributed by atoms with Crippen molar-refractivity contribution in [3.05, 3.63) is 89.5 Å². The molecule has 3 aromatic carbocycles. The van der Waals surface area contributed by atoms with Crippen molar-refractivity contribution in [3.63, 3.8) is 0 Å². The summed E-state index contributed by atoms with van der Waals surface area (Å²) in [5, 5.41) is 2.63. The molecule has 4 aliphatic rings. The first-order valence-electron chi connectivity index (χ1n) is 16.3. The van der Waals surface area contributed by atoms with Crippen molar-refractivity contribution in [2.45, 2.75) is 69.0 Å². The molecule has 2 saturated heterocycles. The zero-order valence-electron chi connectivity index (χ0n) is 26.4. The normalized spacial score (nSPS) is 21.0. The molecule has 3 aromatic rings. The minimum Gasteiger partial charge on any atom is -0.342 e. The maximum Gasteiger partial charge on any atom is 0.322 e. The fourth-order valence-corrected chi connectivity index (χ4v) is 9.32. The highest BCUT2D eigenvalue weighted by atomic mass is 32.2. The van der Waals surface area contributed by atoms with Crippen molar-refractivity contribution < 1.29 is 15.8 Å². The lowest BCUT2D eigenvalue weighted by atomic mass is 9.91. The molecule has 1 atom stereocenters. The van der Waals surface area contributed by atoms with Gasteiger partial charge in [-0.2, -0.15) is 0 Å². The molecule has 8 heteroatoms. The van der Waals surface area contributed by atoms with Gasteiger partial charge in [0, 0.05) is 56.9 Å². The van der Waals surface area contributed by atoms with E-state index in [2.05, 4.69) is 85.6 Å². The molecule has 236 valence electrons. The number of para-hydroxylation sites is 1. The van der Waals surface area contributed by atoms with Crippen LogP contribution in [0.2, 0.25) is 0 Å². The molecular weight excluding hydrogens is 580 g/mol. The molecule has 0 aromatic heterocycles. The molecule has 0 radical (unpaired) electrons. The lowest BCUT2D eigenvalue weighted by molar-refractivity contribution is -0.137. The number of hydrogen-bond donors (Lipinski definition) is 1. The van der Waals surface area contributed by atoms with Gasteiger partial charge in [-0.05, 0) is 53.9 Å². The molecule has 0 saturated carbocycles. The van der Waals surface area contributed by atoms with Crippen LogP contribution in [0.3, 0.4) is 0 Å². The van der Waals surface area contributed by atoms with E-state index in [4.69, 9.17) is 0 Å². The quantitative estimate of drug-likeness (QED) is 0.333. The molecule has 2 fully saturated rings. The highest BCUT2D eigenvalue weighted by Gasteiger charge is 2.58. The van der Waals surface area contributed by atoms with Crippen LogP contribution < -0.4 is 5.32 Å². The molecule has 45 heavy (non-hydrogen) atoms. The molecule has 1 unspecified atom stereocenters. The monoisotopic (exact) mass is 624 g/mol. The number of benzene rings is 3. The van der Waals surface area contributed by atoms with Crippen LogP contribution in [-0.4, -0.2) is 70.0 Å². The van der Waals surface area contributed by atoms with E-state index in [1.54, 1.807) is 11.8 Å². The summed E-state index contributed by atoms with van der Waals surface area (Å²) in [5.74, 6) is 0.0826. The summed E-state index contributed by atoms with van der Waals surface area (Å²) in [5.41, 5.74) is 6.74. The highest BCUT2D eigenvalue weighted by molar-refractivity contribution is 8.02. The molecule has 7 nitrogen and oxygen atoms in total. The third-order valence-electron chi connectivity index (χ3n) is 9.95. The molecule has 3 aliphatic heterocycles. The van der Waals surface area contributed by atoms with Crippen molar-refractivity contribution in [2.75, 3.05) is 31.5 Å². The SMILES string of the molecule is CC(C)(C)CCN1C(=O)C(CC(=O)N2CCC(N3CCc4ccccc4NC3=O)CC2)SC12c1ccccc1-c1ccccc12.[HH]. The van der Waals surface area contributed by atoms with E-state index in [1.165, 1.54) is 11.1 Å². The maximum absolute atomic E-state index is 14.3. The van der Waals surface area contributed by atoms with E-state index >= 15 is 0 Å². The number of likely N-dealkylation sites (tertiary alicyclic amines) is 1. The number of thioether (sulfide) groups is 1. The van der Waals surface area contributed by atoms with E-state index in [0.717, 1.165) is 48.1 Å². The Hall–Kier alpha value is -3.78. The van der Waals surface area contributed by atoms with Crippen LogP contribution in [0.25, 0.3) is 11.1 Å². The summed E-state index contributed by atoms with van der Waals surface area (Å²) in [6.45, 7) is 9.13. The first kappa shape index (κ1) is 29.9. The summed E-state index contributed by atoms with van der Waals surface area (Å²) < 4.78 is 0. The van der Waals surface area contributed by atoms with Crippen molar-refractivity contribution >= 4 is 35.3 Å². The number of piperidine rings is 1. The third kappa shape index (κ3) is 5.31. The molecule has 3 heterocycles. The second-order valence-electron chi connectivity index (χ2n) is 14.0. The lowest BCUT2D eigenvalue weighted by Crippen LogP contribution is -2.50. The number of anilines is 1. The summed E-state index contributed by atoms with van der Waals surface area (Å²) in [7, 11) is 0. The average Bonchev–Trinajstić information content (AvgIpc) is 3.39. The molecule has 0 bridgehead atoms. The van der Waals surface area contributed by atoms with Gasteiger partial charge in [0.15, 0.2) is 0 Å². The van der Waals surface area contributed by atoms with E-state index in [9.17, 15) is 14.4 Å². The number of carbonyl (C=O) groups is 3. The number of nitrogens with one attached hydrogen (secondary N) is 1. The number of urea groups is 1. The van der Waals surface area contributed by atoms with Gasteiger partial charge in [0.1, 0.15) is 4.87 Å². The van der Waals surface area contributed by atoms with Gasteiger partial charge in [0.2, 0.25) is 11.8 Å². The van der Waals surface area contributed by atoms with Crippen LogP contribution in [0.4, 0.5) is 10.5 Å². The topological polar surface area (TPSA) is 73.0 Å². The predicted molar refractivity (Wildman–Crippen MR) is 182 cm³/mol. The number of fused-ring (bicyclic) bond motifs is 6. The van der Waals surface area contributed by atoms with Gasteiger partial charge >= 0.3 is 6.03 Å². The van der Waals surface area contributed by atoms with Gasteiger partial charge in [-0.1, -0.05) is 87.5 Å². The number of amides is 4. The van der Waals surface area contributed by atoms with Gasteiger partial charge < -0.3 is 20.0 Å². The Bertz CT molecular complexity index is 1600. The van der Waals surface area contributed by atoms with Crippen LogP contribution in [0.5, 0.6) is 0 Å². The second-order valence-corrected chi connectivity index (χ2v) is 15.4. The zero-order chi connectivity index (χ0) is 31.3. The first-order chi connectivity index (χ1) is 21.7. The standard InChI is InChI=1S/C37H42N4O3S.H2/c1-36(2,3)19-23-41-34(43)32(45-37(41)29-13-7-5-11-27(29)28-12-6-8-14-30(28)37)24-33(42)39-20-17-26(18-21-39)40-22-16-25-10-4-9-15-31(25)38-35(40)44;/h4-15,26,32H,16-24H2,1-3H3,(H,38,44);1H. The van der Waals surface area contributed by atoms with Crippen molar-refractivity contribution in [1.82, 2.24) is 14.7 Å². The van der Waals surface area contributed by atoms with Crippen molar-refractivity contribution in [1.29, 1.82) is 0 Å². The Morgan fingerprint density at radius 1 is 0.911 bits per heavy atom. The van der Waals surface area contributed by atoms with Crippen LogP contribution >= 0.6 is 11.8 Å². The minimum atomic E-state index is -0.634. The van der Waals surface area contributed by atoms with Gasteiger partial charge in [-0.3, -0.25) is 9.59 Å². The Morgan fingerprint density at radius 3 is 2.20 bits per heavy atom. The van der Waals surface area contributed by atoms with Crippen LogP contribution in [0.15, 0.2) is 72.8 Å². The average molecular weight is 625 g/mol. The van der Waals surface area contributed by atoms with Crippen LogP contribution in [0.1, 0.15) is 64.6 Å². The molecular formula is C37H44N4O3S. The van der Waals surface area contributed by atoms with E-state index in [0.29, 0.717) is 26.2 Å². The molecule has 1 aliphatic carbocycles. The van der Waals surface area contributed by atoms with Gasteiger partial charge in [-0.15, -0.1) is 11.8 Å². The van der Waals surface area contributed by atoms with E-state index < -0.39 is 10.1 Å². The fourth-order valence-electron chi connectivity index (χ4n) is 7.54. The summed E-state index contributed by atoms with van der Waals surface area (Å²) in [6, 6.07) is 24.9. The number of rotatable bonds is 5. The fraction of sp³-hybridized carbons (Fsp3) is 0.432. The smallest absolute Gasteiger partial charge is 0.322 e. The Kier molecular flexibility index (Phi) is 7.67. The van der Waals surface area contributed by atoms with Crippen molar-refractivity contribution in [3.8, 4) is 11.1 Å². The summed E-state index contributed by atoms with van der Waals surface area (Å²) in [4.78, 5) is 46.5. The number of carbonyl (C=O) groups excluding carboxylic acids is 3. The largest absolute Gasteiger partial charge is 0.342 e. The van der Waals surface area contributed by atoms with E-state index in [-0.39, 0.29) is 37.1 Å². The first-order valence-corrected chi connectivity index (χ1v) is 17.2. The van der Waals surface area contributed by atoms with Crippen LogP contribution in [-0.2, 0) is 20.9 Å². The molecule has 4 amide bonds. The molecule has 1 spiro atoms. The zero-order valence-corrected chi connectivity index (χ0v) is 27.2. The Balaban J connectivity index is 0.00000372. The summed E-state index contributed by atoms with van der Waals surface area (Å²) >= 11 is 1.65. The van der Waals surface area contributed by atoms with E-state index in [1.807, 2.05) is 28.0 Å². The summed E-state index contributed by atoms with van der Waals surface area (Å²) in [6.07, 6.45) is 3.35. The van der Waals surface area contributed by atoms with Gasteiger partial charge in [0.05, 0.1) is 5.25 Å². The molecule has 7 rings (SSSR count). The second kappa shape index (κ2) is 11.5. The Labute approximate surface area is 271 Å². The highest BCUT2D eigenvalue weighted by Crippen LogP contribution is 2.61. The third-order valence-corrected chi connectivity index (χ3v) is 11.6. The van der Waals surface area contributed by atoms with Crippen LogP contribution in [0, 0.1) is 5.41 Å². The van der Waals surface area contributed by atoms with Gasteiger partial charge in [-0.25, -0.2) is 4.79 Å². The van der Waals surface area contributed by atoms with Crippen molar-refractivity contribution in [2.24, 2.45) is 5.41 Å². The Morgan fingerprint density at radius 2 is 1.53 bits per heavy atom.